The van der Waals surface area contributed by atoms with Crippen molar-refractivity contribution in [3.8, 4) is 11.4 Å². The normalized spacial score (nSPS) is 14.2. The van der Waals surface area contributed by atoms with Gasteiger partial charge in [0.15, 0.2) is 0 Å². The molecule has 0 saturated heterocycles. The van der Waals surface area contributed by atoms with Gasteiger partial charge in [-0.05, 0) is 70.1 Å². The van der Waals surface area contributed by atoms with Crippen molar-refractivity contribution in [3.63, 3.8) is 0 Å². The quantitative estimate of drug-likeness (QED) is 0.329. The minimum Gasteiger partial charge on any atom is -0.340 e. The number of hydrogen-bond acceptors (Lipinski definition) is 3. The second-order valence-corrected chi connectivity index (χ2v) is 10.8. The number of aliphatic imine (C=N–C) groups is 1. The van der Waals surface area contributed by atoms with Crippen LogP contribution in [0.15, 0.2) is 29.1 Å². The van der Waals surface area contributed by atoms with Crippen molar-refractivity contribution in [2.45, 2.75) is 127 Å². The third-order valence-corrected chi connectivity index (χ3v) is 7.76. The van der Waals surface area contributed by atoms with Gasteiger partial charge in [0.1, 0.15) is 5.01 Å². The van der Waals surface area contributed by atoms with Gasteiger partial charge in [-0.3, -0.25) is 4.99 Å². The van der Waals surface area contributed by atoms with E-state index in [4.69, 9.17) is 4.98 Å². The highest BCUT2D eigenvalue weighted by atomic mass is 32.1. The smallest absolute Gasteiger partial charge is 0.119 e. The third-order valence-electron chi connectivity index (χ3n) is 6.79. The number of aromatic nitrogens is 2. The first-order valence-electron chi connectivity index (χ1n) is 14.6. The molecular weight excluding hydrogens is 470 g/mol. The molecule has 2 heterocycles. The van der Waals surface area contributed by atoms with Crippen LogP contribution in [-0.4, -0.2) is 22.3 Å². The molecule has 0 atom stereocenters. The van der Waals surface area contributed by atoms with Crippen molar-refractivity contribution in [2.24, 2.45) is 10.9 Å². The van der Waals surface area contributed by atoms with E-state index in [-0.39, 0.29) is 0 Å². The second kappa shape index (κ2) is 20.1. The molecule has 0 aliphatic heterocycles. The zero-order chi connectivity index (χ0) is 28.4. The van der Waals surface area contributed by atoms with Gasteiger partial charge in [0, 0.05) is 29.9 Å². The zero-order valence-corrected chi connectivity index (χ0v) is 26.9. The van der Waals surface area contributed by atoms with Crippen LogP contribution in [0.3, 0.4) is 0 Å². The predicted octanol–water partition coefficient (Wildman–Crippen LogP) is 11.4. The van der Waals surface area contributed by atoms with Crippen LogP contribution >= 0.6 is 11.3 Å². The third kappa shape index (κ3) is 12.0. The Balaban J connectivity index is 0.000000769. The molecule has 1 aliphatic carbocycles. The molecule has 3 rings (SSSR count). The van der Waals surface area contributed by atoms with E-state index < -0.39 is 0 Å². The summed E-state index contributed by atoms with van der Waals surface area (Å²) in [4.78, 5) is 8.81. The van der Waals surface area contributed by atoms with Crippen LogP contribution < -0.4 is 0 Å². The Morgan fingerprint density at radius 2 is 1.81 bits per heavy atom. The maximum Gasteiger partial charge on any atom is 0.119 e. The first-order valence-corrected chi connectivity index (χ1v) is 15.5. The van der Waals surface area contributed by atoms with Crippen LogP contribution in [0.5, 0.6) is 0 Å². The predicted molar refractivity (Wildman–Crippen MR) is 172 cm³/mol. The highest BCUT2D eigenvalue weighted by Gasteiger charge is 2.22. The summed E-state index contributed by atoms with van der Waals surface area (Å²) in [6, 6.07) is 2.88. The molecule has 4 heteroatoms. The van der Waals surface area contributed by atoms with Gasteiger partial charge in [0.2, 0.25) is 0 Å². The fourth-order valence-electron chi connectivity index (χ4n) is 4.29. The highest BCUT2D eigenvalue weighted by molar-refractivity contribution is 7.11. The Morgan fingerprint density at radius 3 is 2.22 bits per heavy atom. The van der Waals surface area contributed by atoms with E-state index in [1.54, 1.807) is 11.3 Å². The van der Waals surface area contributed by atoms with Crippen molar-refractivity contribution < 1.29 is 0 Å². The van der Waals surface area contributed by atoms with E-state index in [1.165, 1.54) is 73.2 Å². The van der Waals surface area contributed by atoms with E-state index in [9.17, 15) is 0 Å². The number of allylic oxidation sites excluding steroid dienone is 2. The summed E-state index contributed by atoms with van der Waals surface area (Å²) >= 11 is 1.74. The van der Waals surface area contributed by atoms with Gasteiger partial charge >= 0.3 is 0 Å². The summed E-state index contributed by atoms with van der Waals surface area (Å²) in [5.74, 6) is 0.898. The Labute approximate surface area is 234 Å². The Hall–Kier alpha value is -1.94. The molecule has 0 unspecified atom stereocenters. The summed E-state index contributed by atoms with van der Waals surface area (Å²) < 4.78 is 2.53. The van der Waals surface area contributed by atoms with Crippen LogP contribution in [0, 0.1) is 12.8 Å². The van der Waals surface area contributed by atoms with E-state index in [0.29, 0.717) is 6.04 Å². The fourth-order valence-corrected chi connectivity index (χ4v) is 5.14. The average molecular weight is 528 g/mol. The van der Waals surface area contributed by atoms with Crippen molar-refractivity contribution in [1.82, 2.24) is 9.55 Å². The largest absolute Gasteiger partial charge is 0.340 e. The lowest BCUT2D eigenvalue weighted by Crippen LogP contribution is -2.15. The summed E-state index contributed by atoms with van der Waals surface area (Å²) in [5, 5.41) is 3.32. The molecule has 2 aromatic heterocycles. The maximum absolute atomic E-state index is 4.89. The molecule has 0 aromatic carbocycles. The maximum atomic E-state index is 4.89. The van der Waals surface area contributed by atoms with E-state index in [1.807, 2.05) is 33.9 Å². The Bertz CT molecular complexity index is 937. The van der Waals surface area contributed by atoms with Gasteiger partial charge in [-0.2, -0.15) is 0 Å². The summed E-state index contributed by atoms with van der Waals surface area (Å²) in [5.41, 5.74) is 7.40. The van der Waals surface area contributed by atoms with Crippen molar-refractivity contribution in [1.29, 1.82) is 0 Å². The highest BCUT2D eigenvalue weighted by Crippen LogP contribution is 2.37. The molecule has 1 saturated carbocycles. The molecule has 2 aromatic rings. The van der Waals surface area contributed by atoms with Crippen molar-refractivity contribution >= 4 is 28.7 Å². The molecule has 210 valence electrons. The van der Waals surface area contributed by atoms with Crippen molar-refractivity contribution in [3.05, 3.63) is 40.4 Å². The van der Waals surface area contributed by atoms with E-state index >= 15 is 0 Å². The molecule has 1 fully saturated rings. The Morgan fingerprint density at radius 1 is 1.19 bits per heavy atom. The van der Waals surface area contributed by atoms with Crippen LogP contribution in [0.2, 0.25) is 0 Å². The van der Waals surface area contributed by atoms with Crippen LogP contribution in [-0.2, 0) is 0 Å². The molecule has 0 radical (unpaired) electrons. The molecule has 1 aliphatic rings. The summed E-state index contributed by atoms with van der Waals surface area (Å²) in [6.45, 7) is 25.3. The topological polar surface area (TPSA) is 30.2 Å². The minimum absolute atomic E-state index is 0.611. The molecule has 0 spiro atoms. The molecule has 3 nitrogen and oxygen atoms in total. The lowest BCUT2D eigenvalue weighted by molar-refractivity contribution is 0.352. The SMILES string of the molecule is C=Cc1cc(-c2csc(/C(C)=C/C)n2)n(C2CCCCC2)c1C.CC.CCC(C)=NC.CCCC(C)C. The monoisotopic (exact) mass is 527 g/mol. The van der Waals surface area contributed by atoms with Gasteiger partial charge in [0.05, 0.1) is 11.4 Å². The number of hydrogen-bond donors (Lipinski definition) is 0. The van der Waals surface area contributed by atoms with Crippen LogP contribution in [0.1, 0.15) is 136 Å². The lowest BCUT2D eigenvalue weighted by atomic mass is 9.95. The lowest BCUT2D eigenvalue weighted by Gasteiger charge is -2.26. The fraction of sp³-hybridized carbons (Fsp3) is 0.636. The van der Waals surface area contributed by atoms with Gasteiger partial charge in [0.25, 0.3) is 0 Å². The van der Waals surface area contributed by atoms with Gasteiger partial charge < -0.3 is 4.57 Å². The molecular formula is C33H57N3S. The molecule has 0 bridgehead atoms. The zero-order valence-electron chi connectivity index (χ0n) is 26.1. The Kier molecular flexibility index (Phi) is 19.0. The second-order valence-electron chi connectivity index (χ2n) is 9.94. The van der Waals surface area contributed by atoms with E-state index in [2.05, 4.69) is 82.1 Å². The van der Waals surface area contributed by atoms with Crippen LogP contribution in [0.4, 0.5) is 0 Å². The first-order chi connectivity index (χ1) is 17.7. The molecule has 0 amide bonds. The van der Waals surface area contributed by atoms with Gasteiger partial charge in [-0.1, -0.05) is 92.4 Å². The van der Waals surface area contributed by atoms with Gasteiger partial charge in [-0.15, -0.1) is 11.3 Å². The minimum atomic E-state index is 0.611. The number of thiazole rings is 1. The van der Waals surface area contributed by atoms with Gasteiger partial charge in [-0.25, -0.2) is 4.98 Å². The summed E-state index contributed by atoms with van der Waals surface area (Å²) in [6.07, 6.45) is 14.5. The van der Waals surface area contributed by atoms with Crippen LogP contribution in [0.25, 0.3) is 23.0 Å². The standard InChI is InChI=1S/C20H26N2S.C6H14.C5H11N.C2H6/c1-5-14(3)20-21-18(13-23-20)19-12-16(6-2)15(4)22(19)17-10-8-7-9-11-17;1-4-5-6(2)3;1-4-5(2)6-3;1-2/h5-6,12-13,17H,2,7-11H2,1,3-4H3;6H,4-5H2,1-3H3;4H2,1-3H3;1-2H3/b14-5+;;;. The average Bonchev–Trinajstić information content (AvgIpc) is 3.54. The number of rotatable bonds is 7. The summed E-state index contributed by atoms with van der Waals surface area (Å²) in [7, 11) is 1.82. The molecule has 0 N–H and O–H groups in total. The first kappa shape index (κ1) is 35.1. The molecule has 37 heavy (non-hydrogen) atoms. The van der Waals surface area contributed by atoms with E-state index in [0.717, 1.165) is 23.0 Å². The van der Waals surface area contributed by atoms with Crippen molar-refractivity contribution in [2.75, 3.05) is 7.05 Å². The number of nitrogens with zero attached hydrogens (tertiary/aromatic N) is 3.